The van der Waals surface area contributed by atoms with Crippen molar-refractivity contribution in [1.82, 2.24) is 19.8 Å². The highest BCUT2D eigenvalue weighted by Crippen LogP contribution is 2.32. The van der Waals surface area contributed by atoms with Gasteiger partial charge >= 0.3 is 0 Å². The third-order valence-electron chi connectivity index (χ3n) is 5.38. The minimum atomic E-state index is -0.0999. The second-order valence-corrected chi connectivity index (χ2v) is 7.12. The predicted octanol–water partition coefficient (Wildman–Crippen LogP) is 1.93. The first-order chi connectivity index (χ1) is 14.2. The van der Waals surface area contributed by atoms with Crippen molar-refractivity contribution in [2.45, 2.75) is 18.9 Å². The van der Waals surface area contributed by atoms with Crippen molar-refractivity contribution in [2.24, 2.45) is 0 Å². The van der Waals surface area contributed by atoms with E-state index in [1.807, 2.05) is 11.0 Å². The summed E-state index contributed by atoms with van der Waals surface area (Å²) in [6, 6.07) is 6.97. The molecule has 2 saturated heterocycles. The first kappa shape index (κ1) is 19.3. The van der Waals surface area contributed by atoms with Gasteiger partial charge in [0.15, 0.2) is 0 Å². The summed E-state index contributed by atoms with van der Waals surface area (Å²) in [6.07, 6.45) is 4.91. The van der Waals surface area contributed by atoms with Gasteiger partial charge in [0, 0.05) is 38.1 Å². The van der Waals surface area contributed by atoms with Crippen LogP contribution in [0.4, 0.5) is 0 Å². The van der Waals surface area contributed by atoms with E-state index in [2.05, 4.69) is 9.97 Å². The van der Waals surface area contributed by atoms with Gasteiger partial charge in [-0.15, -0.1) is 0 Å². The number of ether oxygens (including phenoxy) is 2. The third-order valence-corrected chi connectivity index (χ3v) is 5.38. The maximum Gasteiger partial charge on any atom is 0.255 e. The number of amides is 2. The molecule has 2 aliphatic rings. The van der Waals surface area contributed by atoms with E-state index in [1.165, 1.54) is 6.20 Å². The van der Waals surface area contributed by atoms with Gasteiger partial charge in [0.25, 0.3) is 11.8 Å². The van der Waals surface area contributed by atoms with E-state index in [-0.39, 0.29) is 17.9 Å². The predicted molar refractivity (Wildman–Crippen MR) is 105 cm³/mol. The zero-order valence-corrected chi connectivity index (χ0v) is 16.4. The van der Waals surface area contributed by atoms with Crippen molar-refractivity contribution in [2.75, 3.05) is 40.0 Å². The minimum absolute atomic E-state index is 0.0315. The molecule has 0 aliphatic carbocycles. The molecule has 0 saturated carbocycles. The molecule has 0 bridgehead atoms. The first-order valence-electron chi connectivity index (χ1n) is 9.81. The lowest BCUT2D eigenvalue weighted by Crippen LogP contribution is -2.40. The maximum absolute atomic E-state index is 13.0. The summed E-state index contributed by atoms with van der Waals surface area (Å²) in [7, 11) is 1.54. The van der Waals surface area contributed by atoms with Gasteiger partial charge in [-0.1, -0.05) is 0 Å². The highest BCUT2D eigenvalue weighted by molar-refractivity contribution is 5.95. The fourth-order valence-electron chi connectivity index (χ4n) is 3.79. The highest BCUT2D eigenvalue weighted by Gasteiger charge is 2.32. The number of carbonyl (C=O) groups is 2. The van der Waals surface area contributed by atoms with Gasteiger partial charge in [-0.25, -0.2) is 4.98 Å². The van der Waals surface area contributed by atoms with Gasteiger partial charge in [-0.05, 0) is 31.0 Å². The Kier molecular flexibility index (Phi) is 5.71. The monoisotopic (exact) mass is 396 g/mol. The van der Waals surface area contributed by atoms with Crippen LogP contribution in [0.5, 0.6) is 5.88 Å². The van der Waals surface area contributed by atoms with E-state index >= 15 is 0 Å². The molecule has 2 amide bonds. The van der Waals surface area contributed by atoms with Gasteiger partial charge in [-0.2, -0.15) is 0 Å². The summed E-state index contributed by atoms with van der Waals surface area (Å²) in [6.45, 7) is 3.00. The van der Waals surface area contributed by atoms with Gasteiger partial charge < -0.3 is 19.3 Å². The van der Waals surface area contributed by atoms with Gasteiger partial charge in [-0.3, -0.25) is 14.6 Å². The standard InChI is InChI=1S/C21H24N4O4/c1-28-19-7-5-16(14-23-19)21(27)25-8-2-3-18(25)17-6-4-15(13-22-17)20(26)24-9-11-29-12-10-24/h4-7,13-14,18H,2-3,8-12H2,1H3/t18-/m0/s1. The summed E-state index contributed by atoms with van der Waals surface area (Å²) in [5.41, 5.74) is 1.89. The number of hydrogen-bond donors (Lipinski definition) is 0. The summed E-state index contributed by atoms with van der Waals surface area (Å²) in [4.78, 5) is 37.8. The first-order valence-corrected chi connectivity index (χ1v) is 9.81. The van der Waals surface area contributed by atoms with E-state index in [0.717, 1.165) is 18.5 Å². The number of pyridine rings is 2. The molecule has 0 spiro atoms. The largest absolute Gasteiger partial charge is 0.481 e. The number of nitrogens with zero attached hydrogens (tertiary/aromatic N) is 4. The summed E-state index contributed by atoms with van der Waals surface area (Å²) < 4.78 is 10.4. The molecule has 2 aromatic heterocycles. The fraction of sp³-hybridized carbons (Fsp3) is 0.429. The molecule has 1 atom stereocenters. The lowest BCUT2D eigenvalue weighted by molar-refractivity contribution is 0.0302. The number of aromatic nitrogens is 2. The Labute approximate surface area is 169 Å². The van der Waals surface area contributed by atoms with Gasteiger partial charge in [0.2, 0.25) is 5.88 Å². The van der Waals surface area contributed by atoms with E-state index < -0.39 is 0 Å². The molecule has 2 aromatic rings. The third kappa shape index (κ3) is 4.07. The average Bonchev–Trinajstić information content (AvgIpc) is 3.29. The number of methoxy groups -OCH3 is 1. The second kappa shape index (κ2) is 8.57. The number of morpholine rings is 1. The van der Waals surface area contributed by atoms with Crippen molar-refractivity contribution in [3.63, 3.8) is 0 Å². The number of rotatable bonds is 4. The van der Waals surface area contributed by atoms with Crippen molar-refractivity contribution in [3.8, 4) is 5.88 Å². The molecule has 2 aliphatic heterocycles. The van der Waals surface area contributed by atoms with Crippen LogP contribution in [0.25, 0.3) is 0 Å². The Hall–Kier alpha value is -3.00. The van der Waals surface area contributed by atoms with Crippen molar-refractivity contribution in [3.05, 3.63) is 53.5 Å². The summed E-state index contributed by atoms with van der Waals surface area (Å²) >= 11 is 0. The van der Waals surface area contributed by atoms with Gasteiger partial charge in [0.1, 0.15) is 0 Å². The van der Waals surface area contributed by atoms with Crippen LogP contribution in [0.15, 0.2) is 36.7 Å². The minimum Gasteiger partial charge on any atom is -0.481 e. The molecule has 0 unspecified atom stereocenters. The Morgan fingerprint density at radius 1 is 1.00 bits per heavy atom. The van der Waals surface area contributed by atoms with E-state index in [0.29, 0.717) is 49.9 Å². The number of hydrogen-bond acceptors (Lipinski definition) is 6. The molecule has 2 fully saturated rings. The molecular weight excluding hydrogens is 372 g/mol. The molecule has 4 rings (SSSR count). The summed E-state index contributed by atoms with van der Waals surface area (Å²) in [5.74, 6) is 0.371. The highest BCUT2D eigenvalue weighted by atomic mass is 16.5. The van der Waals surface area contributed by atoms with Crippen LogP contribution in [-0.4, -0.2) is 71.5 Å². The zero-order chi connectivity index (χ0) is 20.2. The van der Waals surface area contributed by atoms with Crippen LogP contribution in [0.1, 0.15) is 45.3 Å². The molecule has 0 aromatic carbocycles. The van der Waals surface area contributed by atoms with Crippen LogP contribution in [0.3, 0.4) is 0 Å². The normalized spacial score (nSPS) is 19.3. The molecular formula is C21H24N4O4. The van der Waals surface area contributed by atoms with Gasteiger partial charge in [0.05, 0.1) is 43.2 Å². The van der Waals surface area contributed by atoms with E-state index in [9.17, 15) is 9.59 Å². The quantitative estimate of drug-likeness (QED) is 0.785. The number of likely N-dealkylation sites (tertiary alicyclic amines) is 1. The SMILES string of the molecule is COc1ccc(C(=O)N2CCC[C@H]2c2ccc(C(=O)N3CCOCC3)cn2)cn1. The lowest BCUT2D eigenvalue weighted by Gasteiger charge is -2.27. The average molecular weight is 396 g/mol. The number of carbonyl (C=O) groups excluding carboxylic acids is 2. The van der Waals surface area contributed by atoms with E-state index in [4.69, 9.17) is 9.47 Å². The zero-order valence-electron chi connectivity index (χ0n) is 16.4. The molecule has 152 valence electrons. The Balaban J connectivity index is 1.48. The van der Waals surface area contributed by atoms with E-state index in [1.54, 1.807) is 36.4 Å². The molecule has 29 heavy (non-hydrogen) atoms. The van der Waals surface area contributed by atoms with Crippen LogP contribution in [0.2, 0.25) is 0 Å². The van der Waals surface area contributed by atoms with Crippen LogP contribution < -0.4 is 4.74 Å². The van der Waals surface area contributed by atoms with Crippen molar-refractivity contribution >= 4 is 11.8 Å². The van der Waals surface area contributed by atoms with Crippen molar-refractivity contribution in [1.29, 1.82) is 0 Å². The van der Waals surface area contributed by atoms with Crippen LogP contribution in [-0.2, 0) is 4.74 Å². The van der Waals surface area contributed by atoms with Crippen molar-refractivity contribution < 1.29 is 19.1 Å². The molecule has 8 nitrogen and oxygen atoms in total. The Morgan fingerprint density at radius 2 is 1.72 bits per heavy atom. The molecule has 8 heteroatoms. The Bertz CT molecular complexity index is 863. The van der Waals surface area contributed by atoms with Crippen LogP contribution >= 0.6 is 0 Å². The molecule has 0 N–H and O–H groups in total. The molecule has 4 heterocycles. The smallest absolute Gasteiger partial charge is 0.255 e. The molecule has 0 radical (unpaired) electrons. The fourth-order valence-corrected chi connectivity index (χ4v) is 3.79. The lowest BCUT2D eigenvalue weighted by atomic mass is 10.1. The topological polar surface area (TPSA) is 84.9 Å². The Morgan fingerprint density at radius 3 is 2.38 bits per heavy atom. The second-order valence-electron chi connectivity index (χ2n) is 7.12. The van der Waals surface area contributed by atoms with Crippen LogP contribution in [0, 0.1) is 0 Å². The maximum atomic E-state index is 13.0. The summed E-state index contributed by atoms with van der Waals surface area (Å²) in [5, 5.41) is 0.